The number of aromatic nitrogens is 2. The van der Waals surface area contributed by atoms with Gasteiger partial charge in [0.2, 0.25) is 0 Å². The lowest BCUT2D eigenvalue weighted by Crippen LogP contribution is -2.48. The lowest BCUT2D eigenvalue weighted by atomic mass is 9.82. The highest BCUT2D eigenvalue weighted by atomic mass is 19.1. The standard InChI is InChI=1S/C24H35FN4O/c1-6-24(7-2)13-18(25)15-28(24)22(30)20-16(3)27-29-21(20)26-19(14-23(29,4)5)17-11-9-8-10-12-17/h8-11,17-19,26H,6-7,12-15H2,1-5H3/t17?,18?,19-/m1/s1. The zero-order chi connectivity index (χ0) is 21.7. The minimum absolute atomic E-state index is 0.0827. The van der Waals surface area contributed by atoms with Crippen LogP contribution < -0.4 is 5.32 Å². The average Bonchev–Trinajstić information content (AvgIpc) is 3.25. The molecule has 6 heteroatoms. The summed E-state index contributed by atoms with van der Waals surface area (Å²) in [7, 11) is 0. The molecule has 3 aliphatic rings. The zero-order valence-electron chi connectivity index (χ0n) is 18.9. The molecule has 164 valence electrons. The Morgan fingerprint density at radius 1 is 1.27 bits per heavy atom. The highest BCUT2D eigenvalue weighted by molar-refractivity contribution is 6.01. The van der Waals surface area contributed by atoms with Crippen LogP contribution in [0.25, 0.3) is 0 Å². The fraction of sp³-hybridized carbons (Fsp3) is 0.667. The Kier molecular flexibility index (Phi) is 5.31. The van der Waals surface area contributed by atoms with Gasteiger partial charge in [0.05, 0.1) is 17.8 Å². The number of fused-ring (bicyclic) bond motifs is 1. The fourth-order valence-electron chi connectivity index (χ4n) is 5.69. The molecule has 5 nitrogen and oxygen atoms in total. The molecule has 0 saturated carbocycles. The molecule has 1 aromatic heterocycles. The van der Waals surface area contributed by atoms with Crippen molar-refractivity contribution < 1.29 is 9.18 Å². The molecule has 1 fully saturated rings. The topological polar surface area (TPSA) is 50.2 Å². The first-order valence-electron chi connectivity index (χ1n) is 11.4. The third-order valence-electron chi connectivity index (χ3n) is 7.54. The Morgan fingerprint density at radius 3 is 2.63 bits per heavy atom. The fourth-order valence-corrected chi connectivity index (χ4v) is 5.69. The molecule has 4 rings (SSSR count). The van der Waals surface area contributed by atoms with Gasteiger partial charge in [0.25, 0.3) is 5.91 Å². The number of aryl methyl sites for hydroxylation is 1. The average molecular weight is 415 g/mol. The Labute approximate surface area is 179 Å². The van der Waals surface area contributed by atoms with Crippen molar-refractivity contribution in [2.75, 3.05) is 11.9 Å². The van der Waals surface area contributed by atoms with Gasteiger partial charge in [-0.05, 0) is 46.5 Å². The quantitative estimate of drug-likeness (QED) is 0.755. The van der Waals surface area contributed by atoms with E-state index in [4.69, 9.17) is 5.10 Å². The maximum Gasteiger partial charge on any atom is 0.260 e. The summed E-state index contributed by atoms with van der Waals surface area (Å²) < 4.78 is 16.5. The molecule has 2 unspecified atom stereocenters. The van der Waals surface area contributed by atoms with Gasteiger partial charge in [-0.15, -0.1) is 0 Å². The smallest absolute Gasteiger partial charge is 0.260 e. The van der Waals surface area contributed by atoms with Gasteiger partial charge in [-0.25, -0.2) is 9.07 Å². The van der Waals surface area contributed by atoms with E-state index in [1.165, 1.54) is 0 Å². The number of hydrogen-bond donors (Lipinski definition) is 1. The van der Waals surface area contributed by atoms with E-state index in [2.05, 4.69) is 57.3 Å². The van der Waals surface area contributed by atoms with Crippen molar-refractivity contribution in [2.45, 2.75) is 90.0 Å². The van der Waals surface area contributed by atoms with Crippen LogP contribution in [-0.4, -0.2) is 44.9 Å². The first-order chi connectivity index (χ1) is 14.2. The van der Waals surface area contributed by atoms with Gasteiger partial charge in [0, 0.05) is 23.9 Å². The molecule has 3 atom stereocenters. The summed E-state index contributed by atoms with van der Waals surface area (Å²) in [6.07, 6.45) is 11.6. The van der Waals surface area contributed by atoms with Crippen LogP contribution in [-0.2, 0) is 5.54 Å². The van der Waals surface area contributed by atoms with Crippen LogP contribution in [0.2, 0.25) is 0 Å². The van der Waals surface area contributed by atoms with Gasteiger partial charge in [-0.2, -0.15) is 5.10 Å². The van der Waals surface area contributed by atoms with E-state index in [1.54, 1.807) is 4.90 Å². The SMILES string of the molecule is CCC1(CC)CC(F)CN1C(=O)c1c(C)nn2c1N[C@@H](C1C=CC=CC1)CC2(C)C. The first-order valence-corrected chi connectivity index (χ1v) is 11.4. The molecule has 0 spiro atoms. The molecule has 1 amide bonds. The van der Waals surface area contributed by atoms with Crippen molar-refractivity contribution in [3.8, 4) is 0 Å². The van der Waals surface area contributed by atoms with E-state index >= 15 is 0 Å². The van der Waals surface area contributed by atoms with Crippen LogP contribution >= 0.6 is 0 Å². The first kappa shape index (κ1) is 21.1. The summed E-state index contributed by atoms with van der Waals surface area (Å²) in [4.78, 5) is 15.6. The van der Waals surface area contributed by atoms with Crippen LogP contribution in [0.1, 0.15) is 75.9 Å². The Balaban J connectivity index is 1.73. The second-order valence-electron chi connectivity index (χ2n) is 9.85. The molecule has 1 N–H and O–H groups in total. The minimum atomic E-state index is -0.961. The summed E-state index contributed by atoms with van der Waals surface area (Å²) in [5.41, 5.74) is 0.726. The maximum absolute atomic E-state index is 14.5. The summed E-state index contributed by atoms with van der Waals surface area (Å²) in [6.45, 7) is 10.6. The summed E-state index contributed by atoms with van der Waals surface area (Å²) in [6, 6.07) is 0.228. The number of carbonyl (C=O) groups is 1. The second kappa shape index (κ2) is 7.54. The van der Waals surface area contributed by atoms with E-state index in [-0.39, 0.29) is 24.0 Å². The highest BCUT2D eigenvalue weighted by Crippen LogP contribution is 2.42. The zero-order valence-corrected chi connectivity index (χ0v) is 18.9. The molecule has 30 heavy (non-hydrogen) atoms. The lowest BCUT2D eigenvalue weighted by molar-refractivity contribution is 0.0572. The van der Waals surface area contributed by atoms with Gasteiger partial charge in [0.1, 0.15) is 17.6 Å². The van der Waals surface area contributed by atoms with Crippen LogP contribution in [0.5, 0.6) is 0 Å². The third kappa shape index (κ3) is 3.28. The third-order valence-corrected chi connectivity index (χ3v) is 7.54. The number of alkyl halides is 1. The number of amides is 1. The van der Waals surface area contributed by atoms with Crippen LogP contribution in [0.4, 0.5) is 10.2 Å². The molecule has 0 aromatic carbocycles. The Bertz CT molecular complexity index is 880. The lowest BCUT2D eigenvalue weighted by Gasteiger charge is -2.41. The van der Waals surface area contributed by atoms with E-state index in [0.717, 1.165) is 37.2 Å². The molecular formula is C24H35FN4O. The molecule has 1 saturated heterocycles. The van der Waals surface area contributed by atoms with Crippen molar-refractivity contribution >= 4 is 11.7 Å². The number of likely N-dealkylation sites (tertiary alicyclic amines) is 1. The molecule has 2 aliphatic heterocycles. The normalized spacial score (nSPS) is 29.0. The number of carbonyl (C=O) groups excluding carboxylic acids is 1. The second-order valence-corrected chi connectivity index (χ2v) is 9.85. The molecular weight excluding hydrogens is 379 g/mol. The van der Waals surface area contributed by atoms with Crippen molar-refractivity contribution in [1.29, 1.82) is 0 Å². The molecule has 1 aromatic rings. The van der Waals surface area contributed by atoms with Crippen molar-refractivity contribution in [3.63, 3.8) is 0 Å². The monoisotopic (exact) mass is 414 g/mol. The number of anilines is 1. The minimum Gasteiger partial charge on any atom is -0.366 e. The number of rotatable bonds is 4. The number of nitrogens with one attached hydrogen (secondary N) is 1. The summed E-state index contributed by atoms with van der Waals surface area (Å²) in [5, 5.41) is 8.44. The molecule has 0 radical (unpaired) electrons. The summed E-state index contributed by atoms with van der Waals surface area (Å²) >= 11 is 0. The van der Waals surface area contributed by atoms with Crippen LogP contribution in [0, 0.1) is 12.8 Å². The largest absolute Gasteiger partial charge is 0.366 e. The van der Waals surface area contributed by atoms with Crippen molar-refractivity contribution in [1.82, 2.24) is 14.7 Å². The van der Waals surface area contributed by atoms with Gasteiger partial charge in [-0.3, -0.25) is 4.79 Å². The molecule has 1 aliphatic carbocycles. The van der Waals surface area contributed by atoms with Gasteiger partial charge >= 0.3 is 0 Å². The number of hydrogen-bond acceptors (Lipinski definition) is 3. The Morgan fingerprint density at radius 2 is 2.00 bits per heavy atom. The number of allylic oxidation sites excluding steroid dienone is 3. The van der Waals surface area contributed by atoms with E-state index in [0.29, 0.717) is 17.9 Å². The maximum atomic E-state index is 14.5. The van der Waals surface area contributed by atoms with Gasteiger partial charge in [-0.1, -0.05) is 38.2 Å². The highest BCUT2D eigenvalue weighted by Gasteiger charge is 2.48. The molecule has 3 heterocycles. The van der Waals surface area contributed by atoms with Gasteiger partial charge in [0.15, 0.2) is 0 Å². The van der Waals surface area contributed by atoms with Crippen molar-refractivity contribution in [3.05, 3.63) is 35.6 Å². The number of halogens is 1. The van der Waals surface area contributed by atoms with E-state index in [9.17, 15) is 9.18 Å². The predicted molar refractivity (Wildman–Crippen MR) is 119 cm³/mol. The predicted octanol–water partition coefficient (Wildman–Crippen LogP) is 4.99. The van der Waals surface area contributed by atoms with E-state index in [1.807, 2.05) is 11.6 Å². The van der Waals surface area contributed by atoms with Gasteiger partial charge < -0.3 is 10.2 Å². The molecule has 0 bridgehead atoms. The Hall–Kier alpha value is -2.11. The van der Waals surface area contributed by atoms with Crippen molar-refractivity contribution in [2.24, 2.45) is 5.92 Å². The summed E-state index contributed by atoms with van der Waals surface area (Å²) in [5.74, 6) is 1.10. The van der Waals surface area contributed by atoms with E-state index < -0.39 is 11.7 Å². The van der Waals surface area contributed by atoms with Crippen LogP contribution in [0.3, 0.4) is 0 Å². The number of nitrogens with zero attached hydrogens (tertiary/aromatic N) is 3. The van der Waals surface area contributed by atoms with Crippen LogP contribution in [0.15, 0.2) is 24.3 Å².